The van der Waals surface area contributed by atoms with Crippen LogP contribution in [0.4, 0.5) is 0 Å². The maximum Gasteiger partial charge on any atom is 0.194 e. The Kier molecular flexibility index (Phi) is 10.5. The summed E-state index contributed by atoms with van der Waals surface area (Å²) in [6.45, 7) is 14.4. The number of piperidine rings is 2. The van der Waals surface area contributed by atoms with Crippen LogP contribution in [0.15, 0.2) is 22.5 Å². The van der Waals surface area contributed by atoms with E-state index in [-0.39, 0.29) is 29.5 Å². The highest BCUT2D eigenvalue weighted by molar-refractivity contribution is 14.0. The van der Waals surface area contributed by atoms with Gasteiger partial charge in [0.25, 0.3) is 0 Å². The summed E-state index contributed by atoms with van der Waals surface area (Å²) >= 11 is 1.87. The third-order valence-corrected chi connectivity index (χ3v) is 8.30. The van der Waals surface area contributed by atoms with Gasteiger partial charge in [0.05, 0.1) is 6.54 Å². The van der Waals surface area contributed by atoms with Crippen LogP contribution in [-0.4, -0.2) is 104 Å². The van der Waals surface area contributed by atoms with Crippen LogP contribution in [0.5, 0.6) is 0 Å². The Hall–Kier alpha value is -0.420. The van der Waals surface area contributed by atoms with E-state index in [4.69, 9.17) is 4.99 Å². The zero-order valence-corrected chi connectivity index (χ0v) is 23.2. The largest absolute Gasteiger partial charge is 0.357 e. The molecule has 0 aliphatic carbocycles. The fourth-order valence-electron chi connectivity index (χ4n) is 5.37. The number of halogens is 1. The molecule has 4 rings (SSSR count). The van der Waals surface area contributed by atoms with Crippen molar-refractivity contribution >= 4 is 41.3 Å². The SMILES string of the molecule is CCNC(=NCC1(N2CCCCC2)CCN(C)CC1)N1CCN(Cc2cccs2)CC1.I. The van der Waals surface area contributed by atoms with E-state index in [2.05, 4.69) is 56.4 Å². The average molecular weight is 575 g/mol. The molecule has 0 amide bonds. The van der Waals surface area contributed by atoms with E-state index < -0.39 is 0 Å². The highest BCUT2D eigenvalue weighted by atomic mass is 127. The van der Waals surface area contributed by atoms with Crippen LogP contribution in [0.2, 0.25) is 0 Å². The molecule has 0 saturated carbocycles. The van der Waals surface area contributed by atoms with Crippen molar-refractivity contribution in [1.82, 2.24) is 24.9 Å². The van der Waals surface area contributed by atoms with Gasteiger partial charge >= 0.3 is 0 Å². The molecule has 8 heteroatoms. The predicted octanol–water partition coefficient (Wildman–Crippen LogP) is 3.40. The molecule has 6 nitrogen and oxygen atoms in total. The molecule has 0 aromatic carbocycles. The van der Waals surface area contributed by atoms with Gasteiger partial charge in [0, 0.05) is 49.7 Å². The fourth-order valence-corrected chi connectivity index (χ4v) is 6.11. The number of aliphatic imine (C=N–C) groups is 1. The number of piperazine rings is 1. The van der Waals surface area contributed by atoms with E-state index in [9.17, 15) is 0 Å². The zero-order chi connectivity index (χ0) is 21.5. The number of rotatable bonds is 6. The number of hydrogen-bond acceptors (Lipinski definition) is 5. The first kappa shape index (κ1) is 26.2. The van der Waals surface area contributed by atoms with Gasteiger partial charge in [-0.1, -0.05) is 12.5 Å². The Bertz CT molecular complexity index is 675. The Morgan fingerprint density at radius 1 is 1.03 bits per heavy atom. The topological polar surface area (TPSA) is 37.4 Å². The van der Waals surface area contributed by atoms with E-state index in [1.165, 1.54) is 63.2 Å². The summed E-state index contributed by atoms with van der Waals surface area (Å²) in [5.41, 5.74) is 0.259. The van der Waals surface area contributed by atoms with Gasteiger partial charge in [-0.3, -0.25) is 14.8 Å². The lowest BCUT2D eigenvalue weighted by Crippen LogP contribution is -2.59. The number of nitrogens with one attached hydrogen (secondary N) is 1. The summed E-state index contributed by atoms with van der Waals surface area (Å²) in [5, 5.41) is 5.80. The molecule has 0 bridgehead atoms. The monoisotopic (exact) mass is 574 g/mol. The first-order valence-corrected chi connectivity index (χ1v) is 13.3. The number of thiophene rings is 1. The molecular weight excluding hydrogens is 531 g/mol. The van der Waals surface area contributed by atoms with Crippen molar-refractivity contribution in [3.63, 3.8) is 0 Å². The Morgan fingerprint density at radius 3 is 2.38 bits per heavy atom. The number of guanidine groups is 1. The minimum absolute atomic E-state index is 0. The van der Waals surface area contributed by atoms with E-state index in [0.717, 1.165) is 51.8 Å². The molecule has 3 saturated heterocycles. The molecule has 1 N–H and O–H groups in total. The first-order valence-electron chi connectivity index (χ1n) is 12.4. The lowest BCUT2D eigenvalue weighted by molar-refractivity contribution is 0.0206. The van der Waals surface area contributed by atoms with Crippen LogP contribution in [0, 0.1) is 0 Å². The highest BCUT2D eigenvalue weighted by Crippen LogP contribution is 2.32. The molecule has 32 heavy (non-hydrogen) atoms. The third-order valence-electron chi connectivity index (χ3n) is 7.43. The summed E-state index contributed by atoms with van der Waals surface area (Å²) < 4.78 is 0. The van der Waals surface area contributed by atoms with Gasteiger partial charge in [0.15, 0.2) is 5.96 Å². The second kappa shape index (κ2) is 12.9. The van der Waals surface area contributed by atoms with Crippen molar-refractivity contribution in [3.8, 4) is 0 Å². The molecule has 0 unspecified atom stereocenters. The average Bonchev–Trinajstić information content (AvgIpc) is 3.32. The molecule has 0 radical (unpaired) electrons. The van der Waals surface area contributed by atoms with Crippen molar-refractivity contribution in [3.05, 3.63) is 22.4 Å². The summed E-state index contributed by atoms with van der Waals surface area (Å²) in [6.07, 6.45) is 6.61. The minimum atomic E-state index is 0. The second-order valence-corrected chi connectivity index (χ2v) is 10.6. The van der Waals surface area contributed by atoms with Crippen LogP contribution in [-0.2, 0) is 6.54 Å². The number of likely N-dealkylation sites (tertiary alicyclic amines) is 2. The molecule has 1 aromatic heterocycles. The van der Waals surface area contributed by atoms with Gasteiger partial charge in [-0.25, -0.2) is 0 Å². The van der Waals surface area contributed by atoms with Crippen LogP contribution >= 0.6 is 35.3 Å². The molecule has 0 atom stereocenters. The van der Waals surface area contributed by atoms with Crippen molar-refractivity contribution in [2.75, 3.05) is 72.5 Å². The number of nitrogens with zero attached hydrogens (tertiary/aromatic N) is 5. The maximum absolute atomic E-state index is 5.29. The van der Waals surface area contributed by atoms with Crippen molar-refractivity contribution in [1.29, 1.82) is 0 Å². The molecule has 0 spiro atoms. The van der Waals surface area contributed by atoms with Crippen LogP contribution in [0.3, 0.4) is 0 Å². The minimum Gasteiger partial charge on any atom is -0.357 e. The summed E-state index contributed by atoms with van der Waals surface area (Å²) in [7, 11) is 2.27. The first-order chi connectivity index (χ1) is 15.2. The number of hydrogen-bond donors (Lipinski definition) is 1. The summed E-state index contributed by atoms with van der Waals surface area (Å²) in [5.74, 6) is 1.13. The molecule has 3 aliphatic rings. The van der Waals surface area contributed by atoms with E-state index >= 15 is 0 Å². The van der Waals surface area contributed by atoms with E-state index in [1.807, 2.05) is 11.3 Å². The standard InChI is InChI=1S/C24H42N6S.HI/c1-3-25-23(29-17-15-28(16-18-29)20-22-8-7-19-31-22)26-21-24(9-13-27(2)14-10-24)30-11-5-4-6-12-30;/h7-8,19H,3-6,9-18,20-21H2,1-2H3,(H,25,26);1H. The fraction of sp³-hybridized carbons (Fsp3) is 0.792. The van der Waals surface area contributed by atoms with Crippen molar-refractivity contribution < 1.29 is 0 Å². The van der Waals surface area contributed by atoms with Crippen molar-refractivity contribution in [2.24, 2.45) is 4.99 Å². The van der Waals surface area contributed by atoms with Gasteiger partial charge in [-0.05, 0) is 77.3 Å². The molecular formula is C24H43IN6S. The quantitative estimate of drug-likeness (QED) is 0.321. The highest BCUT2D eigenvalue weighted by Gasteiger charge is 2.39. The molecule has 3 aliphatic heterocycles. The lowest BCUT2D eigenvalue weighted by Gasteiger charge is -2.49. The molecule has 3 fully saturated rings. The Morgan fingerprint density at radius 2 is 1.75 bits per heavy atom. The maximum atomic E-state index is 5.29. The van der Waals surface area contributed by atoms with Gasteiger partial charge in [-0.2, -0.15) is 0 Å². The van der Waals surface area contributed by atoms with Gasteiger partial charge in [0.2, 0.25) is 0 Å². The normalized spacial score (nSPS) is 23.7. The third kappa shape index (κ3) is 6.81. The lowest BCUT2D eigenvalue weighted by atomic mass is 9.84. The Balaban J connectivity index is 0.00000289. The van der Waals surface area contributed by atoms with E-state index in [1.54, 1.807) is 0 Å². The zero-order valence-electron chi connectivity index (χ0n) is 20.1. The van der Waals surface area contributed by atoms with Crippen LogP contribution in [0.25, 0.3) is 0 Å². The molecule has 1 aromatic rings. The van der Waals surface area contributed by atoms with Gasteiger partial charge in [0.1, 0.15) is 0 Å². The van der Waals surface area contributed by atoms with E-state index in [0.29, 0.717) is 0 Å². The molecule has 182 valence electrons. The van der Waals surface area contributed by atoms with Crippen LogP contribution in [0.1, 0.15) is 43.9 Å². The summed E-state index contributed by atoms with van der Waals surface area (Å²) in [6, 6.07) is 4.41. The van der Waals surface area contributed by atoms with Crippen molar-refractivity contribution in [2.45, 2.75) is 51.1 Å². The second-order valence-electron chi connectivity index (χ2n) is 9.59. The van der Waals surface area contributed by atoms with Gasteiger partial charge in [-0.15, -0.1) is 35.3 Å². The van der Waals surface area contributed by atoms with Crippen LogP contribution < -0.4 is 5.32 Å². The van der Waals surface area contributed by atoms with Gasteiger partial charge < -0.3 is 15.1 Å². The smallest absolute Gasteiger partial charge is 0.194 e. The predicted molar refractivity (Wildman–Crippen MR) is 147 cm³/mol. The Labute approximate surface area is 216 Å². The summed E-state index contributed by atoms with van der Waals surface area (Å²) in [4.78, 5) is 17.1. The molecule has 4 heterocycles.